The van der Waals surface area contributed by atoms with Crippen molar-refractivity contribution < 1.29 is 19.7 Å². The van der Waals surface area contributed by atoms with Crippen LogP contribution < -0.4 is 10.5 Å². The Labute approximate surface area is 126 Å². The Balaban J connectivity index is 2.08. The number of aliphatic hydroxyl groups excluding tert-OH is 2. The molecule has 0 aliphatic carbocycles. The summed E-state index contributed by atoms with van der Waals surface area (Å²) in [6, 6.07) is 0. The van der Waals surface area contributed by atoms with E-state index in [1.807, 2.05) is 6.92 Å². The van der Waals surface area contributed by atoms with Crippen LogP contribution >= 0.6 is 0 Å². The molecule has 1 fully saturated rings. The molecule has 2 unspecified atom stereocenters. The Morgan fingerprint density at radius 2 is 2.23 bits per heavy atom. The average Bonchev–Trinajstić information content (AvgIpc) is 3.06. The average molecular weight is 309 g/mol. The number of nitrogens with two attached hydrogens (primary N) is 1. The maximum atomic E-state index is 10.2. The first-order valence-electron chi connectivity index (χ1n) is 7.09. The van der Waals surface area contributed by atoms with Gasteiger partial charge in [0.15, 0.2) is 11.2 Å². The summed E-state index contributed by atoms with van der Waals surface area (Å²) >= 11 is 0. The Morgan fingerprint density at radius 3 is 2.86 bits per heavy atom. The number of ether oxygens (including phenoxy) is 2. The van der Waals surface area contributed by atoms with Crippen molar-refractivity contribution in [3.8, 4) is 5.88 Å². The Kier molecular flexibility index (Phi) is 3.85. The van der Waals surface area contributed by atoms with Crippen LogP contribution in [0.3, 0.4) is 0 Å². The fourth-order valence-electron chi connectivity index (χ4n) is 2.91. The highest BCUT2D eigenvalue weighted by atomic mass is 16.5. The molecule has 4 atom stereocenters. The summed E-state index contributed by atoms with van der Waals surface area (Å²) in [5, 5.41) is 19.6. The summed E-state index contributed by atoms with van der Waals surface area (Å²) < 4.78 is 12.6. The fourth-order valence-corrected chi connectivity index (χ4v) is 2.91. The monoisotopic (exact) mass is 309 g/mol. The van der Waals surface area contributed by atoms with Gasteiger partial charge in [-0.3, -0.25) is 4.57 Å². The molecule has 3 heterocycles. The van der Waals surface area contributed by atoms with Crippen molar-refractivity contribution in [1.82, 2.24) is 19.5 Å². The van der Waals surface area contributed by atoms with E-state index in [0.29, 0.717) is 17.6 Å². The zero-order chi connectivity index (χ0) is 15.9. The second kappa shape index (κ2) is 5.67. The highest BCUT2D eigenvalue weighted by Gasteiger charge is 2.43. The molecule has 1 saturated heterocycles. The summed E-state index contributed by atoms with van der Waals surface area (Å²) in [4.78, 5) is 12.4. The van der Waals surface area contributed by atoms with Crippen LogP contribution in [-0.2, 0) is 4.74 Å². The maximum Gasteiger partial charge on any atom is 0.246 e. The molecule has 9 heteroatoms. The molecular formula is C13H19N5O4. The zero-order valence-electron chi connectivity index (χ0n) is 12.4. The van der Waals surface area contributed by atoms with Gasteiger partial charge in [0, 0.05) is 5.92 Å². The first-order valence-corrected chi connectivity index (χ1v) is 7.09. The van der Waals surface area contributed by atoms with Gasteiger partial charge in [0.25, 0.3) is 0 Å². The standard InChI is InChI=1S/C13H19N5O4/c1-3-6-9(20)7(4-19)22-12(6)18-5-15-8-10(18)16-13(14)17-11(8)21-2/h5-7,9,12,19-20H,3-4H2,1-2H3,(H2,14,16,17)/t6?,7?,9-,12+/m0/s1. The van der Waals surface area contributed by atoms with Crippen molar-refractivity contribution in [1.29, 1.82) is 0 Å². The Morgan fingerprint density at radius 1 is 1.45 bits per heavy atom. The van der Waals surface area contributed by atoms with Crippen LogP contribution in [0, 0.1) is 5.92 Å². The molecule has 120 valence electrons. The third-order valence-electron chi connectivity index (χ3n) is 4.03. The molecule has 4 N–H and O–H groups in total. The molecule has 0 aromatic carbocycles. The van der Waals surface area contributed by atoms with Crippen LogP contribution in [0.2, 0.25) is 0 Å². The van der Waals surface area contributed by atoms with Gasteiger partial charge in [-0.1, -0.05) is 6.92 Å². The minimum absolute atomic E-state index is 0.0661. The van der Waals surface area contributed by atoms with Crippen molar-refractivity contribution >= 4 is 17.1 Å². The lowest BCUT2D eigenvalue weighted by molar-refractivity contribution is -0.0451. The number of aliphatic hydroxyl groups is 2. The Bertz CT molecular complexity index is 676. The number of fused-ring (bicyclic) bond motifs is 1. The molecule has 0 saturated carbocycles. The van der Waals surface area contributed by atoms with Gasteiger partial charge in [-0.25, -0.2) is 4.98 Å². The Hall–Kier alpha value is -1.97. The third-order valence-corrected chi connectivity index (χ3v) is 4.03. The van der Waals surface area contributed by atoms with E-state index in [1.54, 1.807) is 10.9 Å². The van der Waals surface area contributed by atoms with E-state index in [-0.39, 0.29) is 24.4 Å². The van der Waals surface area contributed by atoms with Gasteiger partial charge in [-0.2, -0.15) is 9.97 Å². The molecule has 22 heavy (non-hydrogen) atoms. The highest BCUT2D eigenvalue weighted by molar-refractivity contribution is 5.77. The molecule has 0 amide bonds. The van der Waals surface area contributed by atoms with E-state index in [9.17, 15) is 10.2 Å². The lowest BCUT2D eigenvalue weighted by Crippen LogP contribution is -2.29. The minimum atomic E-state index is -0.751. The number of hydrogen-bond acceptors (Lipinski definition) is 8. The molecule has 1 aliphatic rings. The van der Waals surface area contributed by atoms with E-state index in [0.717, 1.165) is 0 Å². The number of anilines is 1. The SMILES string of the molecule is CCC1[C@H](O)C(CO)O[C@H]1n1cnc2c(OC)nc(N)nc21. The fraction of sp³-hybridized carbons (Fsp3) is 0.615. The predicted octanol–water partition coefficient (Wildman–Crippen LogP) is -0.306. The normalized spacial score (nSPS) is 28.4. The van der Waals surface area contributed by atoms with Gasteiger partial charge < -0.3 is 25.4 Å². The number of hydrogen-bond donors (Lipinski definition) is 3. The van der Waals surface area contributed by atoms with Crippen molar-refractivity contribution in [2.24, 2.45) is 5.92 Å². The van der Waals surface area contributed by atoms with Crippen LogP contribution in [0.5, 0.6) is 5.88 Å². The van der Waals surface area contributed by atoms with Gasteiger partial charge >= 0.3 is 0 Å². The molecule has 0 bridgehead atoms. The van der Waals surface area contributed by atoms with Gasteiger partial charge in [-0.15, -0.1) is 0 Å². The zero-order valence-corrected chi connectivity index (χ0v) is 12.4. The van der Waals surface area contributed by atoms with Crippen LogP contribution in [0.15, 0.2) is 6.33 Å². The highest BCUT2D eigenvalue weighted by Crippen LogP contribution is 2.38. The van der Waals surface area contributed by atoms with Crippen LogP contribution in [-0.4, -0.2) is 55.7 Å². The molecule has 0 spiro atoms. The molecule has 0 radical (unpaired) electrons. The maximum absolute atomic E-state index is 10.2. The van der Waals surface area contributed by atoms with Crippen molar-refractivity contribution in [2.45, 2.75) is 31.8 Å². The molecule has 2 aromatic heterocycles. The lowest BCUT2D eigenvalue weighted by atomic mass is 9.97. The van der Waals surface area contributed by atoms with E-state index in [4.69, 9.17) is 15.2 Å². The van der Waals surface area contributed by atoms with E-state index < -0.39 is 18.4 Å². The largest absolute Gasteiger partial charge is 0.479 e. The van der Waals surface area contributed by atoms with Crippen LogP contribution in [0.1, 0.15) is 19.6 Å². The van der Waals surface area contributed by atoms with Gasteiger partial charge in [-0.05, 0) is 6.42 Å². The van der Waals surface area contributed by atoms with Gasteiger partial charge in [0.1, 0.15) is 12.3 Å². The summed E-state index contributed by atoms with van der Waals surface area (Å²) in [7, 11) is 1.48. The second-order valence-corrected chi connectivity index (χ2v) is 5.23. The summed E-state index contributed by atoms with van der Waals surface area (Å²) in [5.74, 6) is 0.166. The topological polar surface area (TPSA) is 129 Å². The number of nitrogen functional groups attached to an aromatic ring is 1. The first-order chi connectivity index (χ1) is 10.6. The van der Waals surface area contributed by atoms with E-state index in [1.165, 1.54) is 7.11 Å². The lowest BCUT2D eigenvalue weighted by Gasteiger charge is -2.20. The number of nitrogens with zero attached hydrogens (tertiary/aromatic N) is 4. The summed E-state index contributed by atoms with van der Waals surface area (Å²) in [5.41, 5.74) is 6.64. The second-order valence-electron chi connectivity index (χ2n) is 5.23. The van der Waals surface area contributed by atoms with E-state index >= 15 is 0 Å². The predicted molar refractivity (Wildman–Crippen MR) is 77.1 cm³/mol. The number of imidazole rings is 1. The van der Waals surface area contributed by atoms with Crippen molar-refractivity contribution in [3.63, 3.8) is 0 Å². The summed E-state index contributed by atoms with van der Waals surface area (Å²) in [6.07, 6.45) is 0.369. The molecule has 1 aliphatic heterocycles. The number of methoxy groups -OCH3 is 1. The third kappa shape index (κ3) is 2.18. The van der Waals surface area contributed by atoms with Crippen molar-refractivity contribution in [3.05, 3.63) is 6.33 Å². The molecular weight excluding hydrogens is 290 g/mol. The van der Waals surface area contributed by atoms with E-state index in [2.05, 4.69) is 15.0 Å². The van der Waals surface area contributed by atoms with Gasteiger partial charge in [0.2, 0.25) is 11.8 Å². The van der Waals surface area contributed by atoms with Crippen molar-refractivity contribution in [2.75, 3.05) is 19.5 Å². The smallest absolute Gasteiger partial charge is 0.246 e. The summed E-state index contributed by atoms with van der Waals surface area (Å²) in [6.45, 7) is 1.70. The van der Waals surface area contributed by atoms with Crippen LogP contribution in [0.25, 0.3) is 11.2 Å². The molecule has 2 aromatic rings. The minimum Gasteiger partial charge on any atom is -0.479 e. The van der Waals surface area contributed by atoms with Gasteiger partial charge in [0.05, 0.1) is 26.1 Å². The number of aromatic nitrogens is 4. The quantitative estimate of drug-likeness (QED) is 0.701. The molecule has 9 nitrogen and oxygen atoms in total. The van der Waals surface area contributed by atoms with Crippen LogP contribution in [0.4, 0.5) is 5.95 Å². The number of rotatable bonds is 4. The molecule has 3 rings (SSSR count). The first kappa shape index (κ1) is 14.9.